The van der Waals surface area contributed by atoms with E-state index >= 15 is 0 Å². The smallest absolute Gasteiger partial charge is 0.240 e. The lowest BCUT2D eigenvalue weighted by atomic mass is 10.2. The molecule has 0 saturated heterocycles. The molecule has 102 valence electrons. The van der Waals surface area contributed by atoms with Crippen LogP contribution in [-0.2, 0) is 0 Å². The molecule has 0 N–H and O–H groups in total. The summed E-state index contributed by atoms with van der Waals surface area (Å²) in [5, 5.41) is 4.59. The lowest BCUT2D eigenvalue weighted by Gasteiger charge is -2.04. The molecular formula is C13H14BrClN2O2. The number of ether oxygens (including phenoxy) is 1. The van der Waals surface area contributed by atoms with Crippen LogP contribution >= 0.6 is 27.5 Å². The first-order chi connectivity index (χ1) is 9.15. The van der Waals surface area contributed by atoms with E-state index < -0.39 is 0 Å². The topological polar surface area (TPSA) is 48.2 Å². The van der Waals surface area contributed by atoms with E-state index in [9.17, 15) is 0 Å². The molecular weight excluding hydrogens is 332 g/mol. The van der Waals surface area contributed by atoms with Crippen molar-refractivity contribution in [1.29, 1.82) is 0 Å². The van der Waals surface area contributed by atoms with Gasteiger partial charge in [-0.05, 0) is 24.6 Å². The van der Waals surface area contributed by atoms with Gasteiger partial charge in [-0.3, -0.25) is 0 Å². The average Bonchev–Trinajstić information content (AvgIpc) is 2.88. The third kappa shape index (κ3) is 3.28. The van der Waals surface area contributed by atoms with Crippen LogP contribution in [0, 0.1) is 0 Å². The van der Waals surface area contributed by atoms with Gasteiger partial charge in [0, 0.05) is 5.02 Å². The fourth-order valence-corrected chi connectivity index (χ4v) is 2.52. The number of hydrogen-bond acceptors (Lipinski definition) is 4. The molecule has 6 heteroatoms. The number of rotatable bonds is 5. The normalized spacial score (nSPS) is 12.4. The minimum atomic E-state index is 0.0731. The van der Waals surface area contributed by atoms with Crippen molar-refractivity contribution in [3.63, 3.8) is 0 Å². The second kappa shape index (κ2) is 6.39. The Kier molecular flexibility index (Phi) is 4.82. The highest BCUT2D eigenvalue weighted by atomic mass is 79.9. The van der Waals surface area contributed by atoms with Crippen LogP contribution in [-0.4, -0.2) is 17.3 Å². The number of methoxy groups -OCH3 is 1. The van der Waals surface area contributed by atoms with E-state index in [-0.39, 0.29) is 4.83 Å². The van der Waals surface area contributed by atoms with Crippen LogP contribution in [0.15, 0.2) is 22.7 Å². The van der Waals surface area contributed by atoms with Gasteiger partial charge in [-0.15, -0.1) is 0 Å². The molecule has 1 aromatic carbocycles. The first-order valence-electron chi connectivity index (χ1n) is 5.97. The maximum atomic E-state index is 5.99. The van der Waals surface area contributed by atoms with Crippen LogP contribution in [0.3, 0.4) is 0 Å². The van der Waals surface area contributed by atoms with E-state index in [1.165, 1.54) is 0 Å². The quantitative estimate of drug-likeness (QED) is 0.741. The summed E-state index contributed by atoms with van der Waals surface area (Å²) in [6, 6.07) is 5.30. The SMILES string of the molecule is CCCC(Br)c1nc(-c2cc(Cl)ccc2OC)no1. The van der Waals surface area contributed by atoms with Gasteiger partial charge < -0.3 is 9.26 Å². The van der Waals surface area contributed by atoms with Crippen LogP contribution in [0.5, 0.6) is 5.75 Å². The summed E-state index contributed by atoms with van der Waals surface area (Å²) in [4.78, 5) is 4.46. The van der Waals surface area contributed by atoms with E-state index in [4.69, 9.17) is 20.9 Å². The first kappa shape index (κ1) is 14.3. The molecule has 2 aromatic rings. The number of benzene rings is 1. The molecule has 19 heavy (non-hydrogen) atoms. The summed E-state index contributed by atoms with van der Waals surface area (Å²) in [5.41, 5.74) is 0.723. The number of aromatic nitrogens is 2. The number of alkyl halides is 1. The summed E-state index contributed by atoms with van der Waals surface area (Å²) in [5.74, 6) is 1.71. The molecule has 0 aliphatic rings. The summed E-state index contributed by atoms with van der Waals surface area (Å²) < 4.78 is 10.5. The Morgan fingerprint density at radius 1 is 1.47 bits per heavy atom. The zero-order valence-corrected chi connectivity index (χ0v) is 13.0. The van der Waals surface area contributed by atoms with E-state index in [0.717, 1.165) is 18.4 Å². The fraction of sp³-hybridized carbons (Fsp3) is 0.385. The van der Waals surface area contributed by atoms with Gasteiger partial charge in [0.15, 0.2) is 0 Å². The van der Waals surface area contributed by atoms with Crippen molar-refractivity contribution in [2.75, 3.05) is 7.11 Å². The maximum absolute atomic E-state index is 5.99. The second-order valence-corrected chi connectivity index (χ2v) is 5.60. The summed E-state index contributed by atoms with van der Waals surface area (Å²) in [7, 11) is 1.60. The van der Waals surface area contributed by atoms with Crippen molar-refractivity contribution in [1.82, 2.24) is 10.1 Å². The van der Waals surface area contributed by atoms with E-state index in [2.05, 4.69) is 33.0 Å². The van der Waals surface area contributed by atoms with E-state index in [1.54, 1.807) is 25.3 Å². The molecule has 4 nitrogen and oxygen atoms in total. The molecule has 0 bridgehead atoms. The molecule has 1 heterocycles. The van der Waals surface area contributed by atoms with Gasteiger partial charge in [0.05, 0.1) is 17.5 Å². The molecule has 0 spiro atoms. The third-order valence-corrected chi connectivity index (χ3v) is 3.74. The minimum Gasteiger partial charge on any atom is -0.496 e. The van der Waals surface area contributed by atoms with Crippen molar-refractivity contribution in [2.24, 2.45) is 0 Å². The minimum absolute atomic E-state index is 0.0731. The lowest BCUT2D eigenvalue weighted by molar-refractivity contribution is 0.374. The Labute approximate surface area is 125 Å². The van der Waals surface area contributed by atoms with Gasteiger partial charge in [0.25, 0.3) is 0 Å². The molecule has 0 amide bonds. The number of halogens is 2. The lowest BCUT2D eigenvalue weighted by Crippen LogP contribution is -1.91. The van der Waals surface area contributed by atoms with Gasteiger partial charge in [-0.25, -0.2) is 0 Å². The van der Waals surface area contributed by atoms with Crippen molar-refractivity contribution < 1.29 is 9.26 Å². The van der Waals surface area contributed by atoms with Crippen molar-refractivity contribution in [3.8, 4) is 17.1 Å². The highest BCUT2D eigenvalue weighted by molar-refractivity contribution is 9.09. The summed E-state index contributed by atoms with van der Waals surface area (Å²) in [6.07, 6.45) is 1.97. The maximum Gasteiger partial charge on any atom is 0.240 e. The molecule has 0 radical (unpaired) electrons. The van der Waals surface area contributed by atoms with Gasteiger partial charge in [0.1, 0.15) is 5.75 Å². The number of nitrogens with zero attached hydrogens (tertiary/aromatic N) is 2. The fourth-order valence-electron chi connectivity index (χ4n) is 1.70. The van der Waals surface area contributed by atoms with Crippen LogP contribution in [0.25, 0.3) is 11.4 Å². The van der Waals surface area contributed by atoms with Crippen molar-refractivity contribution >= 4 is 27.5 Å². The molecule has 0 aliphatic carbocycles. The third-order valence-electron chi connectivity index (χ3n) is 2.65. The highest BCUT2D eigenvalue weighted by Crippen LogP contribution is 2.33. The Morgan fingerprint density at radius 2 is 2.26 bits per heavy atom. The average molecular weight is 346 g/mol. The largest absolute Gasteiger partial charge is 0.496 e. The Bertz CT molecular complexity index is 559. The zero-order chi connectivity index (χ0) is 13.8. The van der Waals surface area contributed by atoms with E-state index in [0.29, 0.717) is 22.5 Å². The summed E-state index contributed by atoms with van der Waals surface area (Å²) >= 11 is 9.52. The van der Waals surface area contributed by atoms with Crippen LogP contribution in [0.1, 0.15) is 30.5 Å². The first-order valence-corrected chi connectivity index (χ1v) is 7.26. The van der Waals surface area contributed by atoms with Gasteiger partial charge in [-0.1, -0.05) is 46.0 Å². The molecule has 1 atom stereocenters. The number of hydrogen-bond donors (Lipinski definition) is 0. The van der Waals surface area contributed by atoms with Crippen molar-refractivity contribution in [2.45, 2.75) is 24.6 Å². The van der Waals surface area contributed by atoms with Gasteiger partial charge in [-0.2, -0.15) is 4.98 Å². The second-order valence-electron chi connectivity index (χ2n) is 4.06. The monoisotopic (exact) mass is 344 g/mol. The molecule has 2 rings (SSSR count). The van der Waals surface area contributed by atoms with Crippen LogP contribution in [0.4, 0.5) is 0 Å². The Morgan fingerprint density at radius 3 is 2.95 bits per heavy atom. The Hall–Kier alpha value is -1.07. The molecule has 0 saturated carbocycles. The van der Waals surface area contributed by atoms with E-state index in [1.807, 2.05) is 0 Å². The molecule has 0 aliphatic heterocycles. The van der Waals surface area contributed by atoms with Crippen molar-refractivity contribution in [3.05, 3.63) is 29.1 Å². The van der Waals surface area contributed by atoms with Crippen LogP contribution in [0.2, 0.25) is 5.02 Å². The highest BCUT2D eigenvalue weighted by Gasteiger charge is 2.18. The van der Waals surface area contributed by atoms with Crippen LogP contribution < -0.4 is 4.74 Å². The molecule has 0 fully saturated rings. The standard InChI is InChI=1S/C13H14BrClN2O2/c1-3-4-10(14)13-16-12(17-19-13)9-7-8(15)5-6-11(9)18-2/h5-7,10H,3-4H2,1-2H3. The summed E-state index contributed by atoms with van der Waals surface area (Å²) in [6.45, 7) is 2.10. The molecule has 1 unspecified atom stereocenters. The molecule has 1 aromatic heterocycles. The Balaban J connectivity index is 2.34. The zero-order valence-electron chi connectivity index (χ0n) is 10.7. The van der Waals surface area contributed by atoms with Gasteiger partial charge >= 0.3 is 0 Å². The predicted octanol–water partition coefficient (Wildman–Crippen LogP) is 4.63. The predicted molar refractivity (Wildman–Crippen MR) is 77.9 cm³/mol. The van der Waals surface area contributed by atoms with Gasteiger partial charge in [0.2, 0.25) is 11.7 Å².